The third kappa shape index (κ3) is 4.35. The molecule has 1 amide bonds. The smallest absolute Gasteiger partial charge is 0.344 e. The van der Waals surface area contributed by atoms with Gasteiger partial charge in [0.1, 0.15) is 16.9 Å². The van der Waals surface area contributed by atoms with Gasteiger partial charge < -0.3 is 13.9 Å². The predicted octanol–water partition coefficient (Wildman–Crippen LogP) is 3.69. The average Bonchev–Trinajstić information content (AvgIpc) is 3.28. The molecule has 0 aliphatic carbocycles. The highest BCUT2D eigenvalue weighted by Gasteiger charge is 2.32. The van der Waals surface area contributed by atoms with Crippen molar-refractivity contribution in [2.24, 2.45) is 0 Å². The van der Waals surface area contributed by atoms with E-state index in [0.29, 0.717) is 5.69 Å². The van der Waals surface area contributed by atoms with Crippen molar-refractivity contribution < 1.29 is 28.3 Å². The summed E-state index contributed by atoms with van der Waals surface area (Å²) in [6.45, 7) is 6.73. The van der Waals surface area contributed by atoms with Gasteiger partial charge in [-0.2, -0.15) is 5.10 Å². The third-order valence-electron chi connectivity index (χ3n) is 4.53. The van der Waals surface area contributed by atoms with E-state index in [1.165, 1.54) is 13.1 Å². The first-order chi connectivity index (χ1) is 14.9. The molecule has 1 aromatic carbocycles. The van der Waals surface area contributed by atoms with Crippen LogP contribution in [0.15, 0.2) is 40.9 Å². The molecule has 0 fully saturated rings. The third-order valence-corrected chi connectivity index (χ3v) is 4.53. The van der Waals surface area contributed by atoms with Gasteiger partial charge in [0.05, 0.1) is 36.4 Å². The number of anilines is 1. The molecule has 9 nitrogen and oxygen atoms in total. The van der Waals surface area contributed by atoms with Crippen LogP contribution < -0.4 is 5.32 Å². The maximum atomic E-state index is 12.9. The predicted molar refractivity (Wildman–Crippen MR) is 112 cm³/mol. The summed E-state index contributed by atoms with van der Waals surface area (Å²) in [5.41, 5.74) is 1.41. The first-order valence-corrected chi connectivity index (χ1v) is 9.78. The number of benzene rings is 1. The molecule has 3 rings (SSSR count). The van der Waals surface area contributed by atoms with Gasteiger partial charge in [0, 0.05) is 0 Å². The van der Waals surface area contributed by atoms with Crippen LogP contribution in [0.1, 0.15) is 56.4 Å². The minimum atomic E-state index is -0.797. The van der Waals surface area contributed by atoms with Crippen LogP contribution in [-0.4, -0.2) is 40.8 Å². The van der Waals surface area contributed by atoms with Crippen LogP contribution in [0.3, 0.4) is 0 Å². The van der Waals surface area contributed by atoms with Gasteiger partial charge in [-0.3, -0.25) is 10.1 Å². The Morgan fingerprint density at radius 1 is 1.00 bits per heavy atom. The topological polar surface area (TPSA) is 113 Å². The van der Waals surface area contributed by atoms with Gasteiger partial charge in [0.2, 0.25) is 5.88 Å². The number of carbonyl (C=O) groups is 3. The lowest BCUT2D eigenvalue weighted by molar-refractivity contribution is 0.0480. The van der Waals surface area contributed by atoms with Crippen LogP contribution in [0.4, 0.5) is 5.88 Å². The van der Waals surface area contributed by atoms with Crippen LogP contribution in [0.2, 0.25) is 0 Å². The Morgan fingerprint density at radius 3 is 2.23 bits per heavy atom. The lowest BCUT2D eigenvalue weighted by atomic mass is 10.1. The Morgan fingerprint density at radius 2 is 1.61 bits per heavy atom. The number of nitrogens with one attached hydrogen (secondary N) is 1. The monoisotopic (exact) mass is 425 g/mol. The van der Waals surface area contributed by atoms with Gasteiger partial charge >= 0.3 is 11.9 Å². The Hall–Kier alpha value is -3.88. The quantitative estimate of drug-likeness (QED) is 0.575. The summed E-state index contributed by atoms with van der Waals surface area (Å²) in [7, 11) is 0. The molecule has 9 heteroatoms. The normalized spacial score (nSPS) is 10.6. The van der Waals surface area contributed by atoms with Crippen molar-refractivity contribution in [3.63, 3.8) is 0 Å². The highest BCUT2D eigenvalue weighted by molar-refractivity contribution is 6.11. The van der Waals surface area contributed by atoms with Gasteiger partial charge in [-0.15, -0.1) is 0 Å². The van der Waals surface area contributed by atoms with Gasteiger partial charge in [0.15, 0.2) is 0 Å². The zero-order valence-corrected chi connectivity index (χ0v) is 17.7. The molecular formula is C22H23N3O6. The number of aromatic nitrogens is 2. The zero-order valence-electron chi connectivity index (χ0n) is 17.7. The van der Waals surface area contributed by atoms with Crippen molar-refractivity contribution in [1.29, 1.82) is 0 Å². The number of hydrogen-bond acceptors (Lipinski definition) is 7. The van der Waals surface area contributed by atoms with Gasteiger partial charge in [0.25, 0.3) is 5.91 Å². The first-order valence-electron chi connectivity index (χ1n) is 9.78. The van der Waals surface area contributed by atoms with Crippen molar-refractivity contribution in [3.8, 4) is 5.69 Å². The minimum absolute atomic E-state index is 0.0766. The number of carbonyl (C=O) groups excluding carboxylic acids is 3. The molecule has 0 unspecified atom stereocenters. The molecule has 0 saturated heterocycles. The van der Waals surface area contributed by atoms with Crippen LogP contribution >= 0.6 is 0 Å². The van der Waals surface area contributed by atoms with Gasteiger partial charge in [-0.05, 0) is 39.8 Å². The highest BCUT2D eigenvalue weighted by Crippen LogP contribution is 2.29. The van der Waals surface area contributed by atoms with Crippen LogP contribution in [0, 0.1) is 13.8 Å². The van der Waals surface area contributed by atoms with E-state index >= 15 is 0 Å². The molecule has 2 aromatic heterocycles. The van der Waals surface area contributed by atoms with E-state index in [1.54, 1.807) is 25.5 Å². The lowest BCUT2D eigenvalue weighted by Crippen LogP contribution is -2.18. The zero-order chi connectivity index (χ0) is 22.5. The summed E-state index contributed by atoms with van der Waals surface area (Å²) >= 11 is 0. The highest BCUT2D eigenvalue weighted by atomic mass is 16.5. The number of hydrogen-bond donors (Lipinski definition) is 1. The van der Waals surface area contributed by atoms with Crippen LogP contribution in [-0.2, 0) is 9.47 Å². The SMILES string of the molecule is CCOC(=O)c1c(C)oc(NC(=O)c2cnn(-c3ccccc3)c2C)c1C(=O)OCC. The molecule has 0 saturated carbocycles. The Labute approximate surface area is 178 Å². The number of furan rings is 1. The standard InChI is InChI=1S/C22H23N3O6/c1-5-29-21(27)17-14(4)31-20(18(17)22(28)30-6-2)24-19(26)16-12-23-25(13(16)3)15-10-8-7-9-11-15/h7-12H,5-6H2,1-4H3,(H,24,26). The number of nitrogens with zero attached hydrogens (tertiary/aromatic N) is 2. The molecule has 3 aromatic rings. The fraction of sp³-hybridized carbons (Fsp3) is 0.273. The molecule has 0 bridgehead atoms. The summed E-state index contributed by atoms with van der Waals surface area (Å²) in [4.78, 5) is 37.8. The van der Waals surface area contributed by atoms with E-state index < -0.39 is 17.8 Å². The molecule has 162 valence electrons. The van der Waals surface area contributed by atoms with Crippen molar-refractivity contribution >= 4 is 23.7 Å². The molecule has 0 aliphatic rings. The second-order valence-corrected chi connectivity index (χ2v) is 6.52. The van der Waals surface area contributed by atoms with E-state index in [0.717, 1.165) is 5.69 Å². The van der Waals surface area contributed by atoms with Gasteiger partial charge in [-0.1, -0.05) is 18.2 Å². The van der Waals surface area contributed by atoms with Crippen molar-refractivity contribution in [2.75, 3.05) is 18.5 Å². The molecule has 0 radical (unpaired) electrons. The summed E-state index contributed by atoms with van der Waals surface area (Å²) in [5.74, 6) is -2.13. The van der Waals surface area contributed by atoms with Crippen molar-refractivity contribution in [1.82, 2.24) is 9.78 Å². The molecule has 31 heavy (non-hydrogen) atoms. The lowest BCUT2D eigenvalue weighted by Gasteiger charge is -2.07. The molecular weight excluding hydrogens is 402 g/mol. The second kappa shape index (κ2) is 9.29. The average molecular weight is 425 g/mol. The number of amides is 1. The van der Waals surface area contributed by atoms with E-state index in [1.807, 2.05) is 30.3 Å². The van der Waals surface area contributed by atoms with E-state index in [9.17, 15) is 14.4 Å². The number of ether oxygens (including phenoxy) is 2. The fourth-order valence-corrected chi connectivity index (χ4v) is 3.11. The van der Waals surface area contributed by atoms with Gasteiger partial charge in [-0.25, -0.2) is 14.3 Å². The second-order valence-electron chi connectivity index (χ2n) is 6.52. The largest absolute Gasteiger partial charge is 0.462 e. The number of esters is 2. The number of rotatable bonds is 7. The van der Waals surface area contributed by atoms with E-state index in [4.69, 9.17) is 13.9 Å². The molecule has 0 atom stereocenters. The molecule has 1 N–H and O–H groups in total. The maximum absolute atomic E-state index is 12.9. The van der Waals surface area contributed by atoms with E-state index in [2.05, 4.69) is 10.4 Å². The van der Waals surface area contributed by atoms with Crippen molar-refractivity contribution in [2.45, 2.75) is 27.7 Å². The number of aryl methyl sites for hydroxylation is 1. The molecule has 2 heterocycles. The summed E-state index contributed by atoms with van der Waals surface area (Å²) in [6, 6.07) is 9.34. The first kappa shape index (κ1) is 21.8. The summed E-state index contributed by atoms with van der Waals surface area (Å²) in [6.07, 6.45) is 1.42. The molecule has 0 spiro atoms. The Bertz CT molecular complexity index is 1110. The minimum Gasteiger partial charge on any atom is -0.462 e. The Kier molecular flexibility index (Phi) is 6.54. The summed E-state index contributed by atoms with van der Waals surface area (Å²) in [5, 5.41) is 6.83. The summed E-state index contributed by atoms with van der Waals surface area (Å²) < 4.78 is 17.2. The fourth-order valence-electron chi connectivity index (χ4n) is 3.11. The van der Waals surface area contributed by atoms with Crippen LogP contribution in [0.25, 0.3) is 5.69 Å². The van der Waals surface area contributed by atoms with Crippen LogP contribution in [0.5, 0.6) is 0 Å². The number of para-hydroxylation sites is 1. The van der Waals surface area contributed by atoms with E-state index in [-0.39, 0.29) is 41.5 Å². The molecule has 0 aliphatic heterocycles. The van der Waals surface area contributed by atoms with Crippen molar-refractivity contribution in [3.05, 3.63) is 64.7 Å². The maximum Gasteiger partial charge on any atom is 0.344 e. The Balaban J connectivity index is 1.96.